The lowest BCUT2D eigenvalue weighted by Crippen LogP contribution is -2.42. The monoisotopic (exact) mass is 249 g/mol. The number of nitrogens with one attached hydrogen (secondary N) is 2. The van der Waals surface area contributed by atoms with Crippen molar-refractivity contribution in [2.45, 2.75) is 12.5 Å². The van der Waals surface area contributed by atoms with Crippen LogP contribution in [0.3, 0.4) is 0 Å². The summed E-state index contributed by atoms with van der Waals surface area (Å²) in [6, 6.07) is 7.48. The molecule has 98 valence electrons. The number of hydrogen-bond acceptors (Lipinski definition) is 5. The summed E-state index contributed by atoms with van der Waals surface area (Å²) in [6.45, 7) is 2.17. The van der Waals surface area contributed by atoms with Crippen LogP contribution >= 0.6 is 0 Å². The van der Waals surface area contributed by atoms with E-state index in [4.69, 9.17) is 4.74 Å². The first-order valence-corrected chi connectivity index (χ1v) is 6.14. The molecule has 0 bridgehead atoms. The van der Waals surface area contributed by atoms with Crippen LogP contribution in [0.25, 0.3) is 0 Å². The molecule has 0 radical (unpaired) electrons. The topological polar surface area (TPSA) is 65.9 Å². The van der Waals surface area contributed by atoms with Crippen LogP contribution in [-0.2, 0) is 0 Å². The SMILES string of the molecule is COc1ccccc1C(O)CNC1=NCCCN1. The number of aliphatic hydroxyl groups excluding tert-OH is 1. The number of guanidine groups is 1. The number of para-hydroxylation sites is 1. The van der Waals surface area contributed by atoms with E-state index in [2.05, 4.69) is 15.6 Å². The highest BCUT2D eigenvalue weighted by molar-refractivity contribution is 5.80. The Hall–Kier alpha value is -1.75. The average Bonchev–Trinajstić information content (AvgIpc) is 2.45. The molecule has 3 N–H and O–H groups in total. The van der Waals surface area contributed by atoms with Crippen LogP contribution in [0.15, 0.2) is 29.3 Å². The van der Waals surface area contributed by atoms with Crippen molar-refractivity contribution < 1.29 is 9.84 Å². The van der Waals surface area contributed by atoms with Gasteiger partial charge in [0.15, 0.2) is 5.96 Å². The molecule has 1 aromatic carbocycles. The van der Waals surface area contributed by atoms with E-state index in [9.17, 15) is 5.11 Å². The molecule has 1 aromatic rings. The van der Waals surface area contributed by atoms with Crippen LogP contribution in [0.5, 0.6) is 5.75 Å². The molecular weight excluding hydrogens is 230 g/mol. The van der Waals surface area contributed by atoms with Gasteiger partial charge in [-0.15, -0.1) is 0 Å². The van der Waals surface area contributed by atoms with Crippen molar-refractivity contribution in [1.82, 2.24) is 10.6 Å². The molecule has 0 aliphatic carbocycles. The number of benzene rings is 1. The van der Waals surface area contributed by atoms with Crippen molar-refractivity contribution in [3.8, 4) is 5.75 Å². The molecule has 0 aromatic heterocycles. The lowest BCUT2D eigenvalue weighted by molar-refractivity contribution is 0.176. The van der Waals surface area contributed by atoms with Gasteiger partial charge in [-0.2, -0.15) is 0 Å². The van der Waals surface area contributed by atoms with Gasteiger partial charge in [-0.1, -0.05) is 18.2 Å². The summed E-state index contributed by atoms with van der Waals surface area (Å²) in [6.07, 6.45) is 0.438. The minimum Gasteiger partial charge on any atom is -0.496 e. The third-order valence-corrected chi connectivity index (χ3v) is 2.86. The average molecular weight is 249 g/mol. The molecule has 1 atom stereocenters. The predicted octanol–water partition coefficient (Wildman–Crippen LogP) is 0.667. The van der Waals surface area contributed by atoms with Crippen LogP contribution in [0.1, 0.15) is 18.1 Å². The molecule has 1 heterocycles. The number of methoxy groups -OCH3 is 1. The Balaban J connectivity index is 1.94. The van der Waals surface area contributed by atoms with E-state index in [1.165, 1.54) is 0 Å². The summed E-state index contributed by atoms with van der Waals surface area (Å²) in [4.78, 5) is 4.29. The lowest BCUT2D eigenvalue weighted by Gasteiger charge is -2.19. The summed E-state index contributed by atoms with van der Waals surface area (Å²) in [7, 11) is 1.60. The van der Waals surface area contributed by atoms with Crippen molar-refractivity contribution >= 4 is 5.96 Å². The van der Waals surface area contributed by atoms with Gasteiger partial charge < -0.3 is 20.5 Å². The third-order valence-electron chi connectivity index (χ3n) is 2.86. The zero-order chi connectivity index (χ0) is 12.8. The maximum Gasteiger partial charge on any atom is 0.191 e. The van der Waals surface area contributed by atoms with E-state index in [0.29, 0.717) is 12.3 Å². The van der Waals surface area contributed by atoms with Crippen molar-refractivity contribution in [2.75, 3.05) is 26.7 Å². The fourth-order valence-corrected chi connectivity index (χ4v) is 1.90. The van der Waals surface area contributed by atoms with Crippen LogP contribution < -0.4 is 15.4 Å². The fourth-order valence-electron chi connectivity index (χ4n) is 1.90. The van der Waals surface area contributed by atoms with E-state index >= 15 is 0 Å². The number of hydrogen-bond donors (Lipinski definition) is 3. The van der Waals surface area contributed by atoms with Crippen molar-refractivity contribution in [1.29, 1.82) is 0 Å². The van der Waals surface area contributed by atoms with Crippen LogP contribution in [-0.4, -0.2) is 37.8 Å². The minimum atomic E-state index is -0.618. The molecule has 2 rings (SSSR count). The molecular formula is C13H19N3O2. The number of rotatable bonds is 4. The van der Waals surface area contributed by atoms with Gasteiger partial charge in [0.1, 0.15) is 5.75 Å². The summed E-state index contributed by atoms with van der Waals surface area (Å²) >= 11 is 0. The van der Waals surface area contributed by atoms with Crippen LogP contribution in [0.2, 0.25) is 0 Å². The van der Waals surface area contributed by atoms with Gasteiger partial charge >= 0.3 is 0 Å². The molecule has 5 nitrogen and oxygen atoms in total. The fraction of sp³-hybridized carbons (Fsp3) is 0.462. The number of nitrogens with zero attached hydrogens (tertiary/aromatic N) is 1. The Labute approximate surface area is 107 Å². The number of ether oxygens (including phenoxy) is 1. The molecule has 18 heavy (non-hydrogen) atoms. The third kappa shape index (κ3) is 3.13. The molecule has 0 amide bonds. The highest BCUT2D eigenvalue weighted by Gasteiger charge is 2.13. The second-order valence-corrected chi connectivity index (χ2v) is 4.15. The normalized spacial score (nSPS) is 16.4. The molecule has 0 spiro atoms. The number of aliphatic hydroxyl groups is 1. The van der Waals surface area contributed by atoms with Gasteiger partial charge in [0, 0.05) is 25.2 Å². The zero-order valence-electron chi connectivity index (χ0n) is 10.5. The Bertz CT molecular complexity index is 420. The molecule has 1 unspecified atom stereocenters. The first kappa shape index (κ1) is 12.7. The Morgan fingerprint density at radius 1 is 1.50 bits per heavy atom. The van der Waals surface area contributed by atoms with Crippen molar-refractivity contribution in [3.05, 3.63) is 29.8 Å². The van der Waals surface area contributed by atoms with Crippen molar-refractivity contribution in [3.63, 3.8) is 0 Å². The standard InChI is InChI=1S/C13H19N3O2/c1-18-12-6-3-2-5-10(12)11(17)9-16-13-14-7-4-8-15-13/h2-3,5-6,11,17H,4,7-9H2,1H3,(H2,14,15,16). The molecule has 0 saturated heterocycles. The van der Waals surface area contributed by atoms with Gasteiger partial charge in [0.25, 0.3) is 0 Å². The van der Waals surface area contributed by atoms with Gasteiger partial charge in [0.2, 0.25) is 0 Å². The summed E-state index contributed by atoms with van der Waals surface area (Å²) in [5, 5.41) is 16.4. The van der Waals surface area contributed by atoms with E-state index in [0.717, 1.165) is 31.0 Å². The van der Waals surface area contributed by atoms with E-state index < -0.39 is 6.10 Å². The van der Waals surface area contributed by atoms with Gasteiger partial charge in [-0.05, 0) is 12.5 Å². The first-order chi connectivity index (χ1) is 8.81. The first-order valence-electron chi connectivity index (χ1n) is 6.14. The molecule has 0 saturated carbocycles. The van der Waals surface area contributed by atoms with Gasteiger partial charge in [-0.25, -0.2) is 0 Å². The highest BCUT2D eigenvalue weighted by atomic mass is 16.5. The van der Waals surface area contributed by atoms with Gasteiger partial charge in [0.05, 0.1) is 13.2 Å². The van der Waals surface area contributed by atoms with E-state index in [1.54, 1.807) is 7.11 Å². The second kappa shape index (κ2) is 6.26. The summed E-state index contributed by atoms with van der Waals surface area (Å²) in [5.41, 5.74) is 0.781. The van der Waals surface area contributed by atoms with Gasteiger partial charge in [-0.3, -0.25) is 4.99 Å². The summed E-state index contributed by atoms with van der Waals surface area (Å²) < 4.78 is 5.22. The Morgan fingerprint density at radius 2 is 2.33 bits per heavy atom. The lowest BCUT2D eigenvalue weighted by atomic mass is 10.1. The summed E-state index contributed by atoms with van der Waals surface area (Å²) in [5.74, 6) is 1.46. The van der Waals surface area contributed by atoms with E-state index in [-0.39, 0.29) is 0 Å². The molecule has 1 aliphatic heterocycles. The quantitative estimate of drug-likeness (QED) is 0.733. The Morgan fingerprint density at radius 3 is 3.06 bits per heavy atom. The van der Waals surface area contributed by atoms with Crippen molar-refractivity contribution in [2.24, 2.45) is 4.99 Å². The van der Waals surface area contributed by atoms with Crippen LogP contribution in [0, 0.1) is 0 Å². The predicted molar refractivity (Wildman–Crippen MR) is 70.9 cm³/mol. The van der Waals surface area contributed by atoms with Crippen LogP contribution in [0.4, 0.5) is 0 Å². The number of aliphatic imine (C=N–C) groups is 1. The van der Waals surface area contributed by atoms with E-state index in [1.807, 2.05) is 24.3 Å². The minimum absolute atomic E-state index is 0.409. The second-order valence-electron chi connectivity index (χ2n) is 4.15. The molecule has 1 aliphatic rings. The molecule has 0 fully saturated rings. The maximum atomic E-state index is 10.1. The maximum absolute atomic E-state index is 10.1. The molecule has 5 heteroatoms. The Kier molecular flexibility index (Phi) is 4.41. The largest absolute Gasteiger partial charge is 0.496 e. The smallest absolute Gasteiger partial charge is 0.191 e. The zero-order valence-corrected chi connectivity index (χ0v) is 10.5. The highest BCUT2D eigenvalue weighted by Crippen LogP contribution is 2.23.